The summed E-state index contributed by atoms with van der Waals surface area (Å²) in [6, 6.07) is 10.8. The van der Waals surface area contributed by atoms with Gasteiger partial charge in [-0.15, -0.1) is 37.1 Å². The van der Waals surface area contributed by atoms with Crippen LogP contribution in [-0.2, 0) is 6.54 Å². The van der Waals surface area contributed by atoms with Crippen molar-refractivity contribution in [3.8, 4) is 11.5 Å². The van der Waals surface area contributed by atoms with Crippen LogP contribution in [0.2, 0.25) is 0 Å². The third kappa shape index (κ3) is 9.58. The van der Waals surface area contributed by atoms with Gasteiger partial charge in [-0.2, -0.15) is 13.2 Å². The first kappa shape index (κ1) is 24.7. The average Bonchev–Trinajstić information content (AvgIpc) is 2.58. The van der Waals surface area contributed by atoms with Crippen molar-refractivity contribution in [3.63, 3.8) is 0 Å². The summed E-state index contributed by atoms with van der Waals surface area (Å²) in [7, 11) is 0. The summed E-state index contributed by atoms with van der Waals surface area (Å²) in [4.78, 5) is 3.99. The van der Waals surface area contributed by atoms with Gasteiger partial charge in [0.1, 0.15) is 11.5 Å². The lowest BCUT2D eigenvalue weighted by Gasteiger charge is -2.12. The molecule has 0 aliphatic carbocycles. The maximum Gasteiger partial charge on any atom is 0.573 e. The molecule has 0 unspecified atom stereocenters. The topological polar surface area (TPSA) is 68.9 Å². The molecule has 0 bridgehead atoms. The molecular weight excluding hydrogens is 519 g/mol. The van der Waals surface area contributed by atoms with E-state index >= 15 is 0 Å². The number of rotatable bonds is 6. The van der Waals surface area contributed by atoms with Crippen LogP contribution in [0, 0.1) is 0 Å². The molecule has 160 valence electrons. The number of benzene rings is 2. The van der Waals surface area contributed by atoms with Gasteiger partial charge in [-0.05, 0) is 30.3 Å². The van der Waals surface area contributed by atoms with Crippen LogP contribution in [0.25, 0.3) is 0 Å². The molecule has 0 saturated heterocycles. The fourth-order valence-electron chi connectivity index (χ4n) is 2.03. The molecular formula is C17H16F6IN3O2. The highest BCUT2D eigenvalue weighted by atomic mass is 127. The van der Waals surface area contributed by atoms with Crippen molar-refractivity contribution in [2.24, 2.45) is 10.7 Å². The van der Waals surface area contributed by atoms with Gasteiger partial charge in [-0.3, -0.25) is 0 Å². The van der Waals surface area contributed by atoms with Crippen LogP contribution in [0.1, 0.15) is 5.56 Å². The molecule has 12 heteroatoms. The second-order valence-electron chi connectivity index (χ2n) is 5.41. The minimum absolute atomic E-state index is 0. The van der Waals surface area contributed by atoms with Crippen LogP contribution in [-0.4, -0.2) is 25.1 Å². The summed E-state index contributed by atoms with van der Waals surface area (Å²) in [5.74, 6) is -0.468. The highest BCUT2D eigenvalue weighted by Crippen LogP contribution is 2.24. The first-order valence-electron chi connectivity index (χ1n) is 7.72. The van der Waals surface area contributed by atoms with Gasteiger partial charge in [0.15, 0.2) is 12.6 Å². The Labute approximate surface area is 178 Å². The Balaban J connectivity index is 0.00000420. The van der Waals surface area contributed by atoms with Crippen molar-refractivity contribution >= 4 is 35.6 Å². The largest absolute Gasteiger partial charge is 0.573 e. The van der Waals surface area contributed by atoms with E-state index in [1.165, 1.54) is 30.3 Å². The van der Waals surface area contributed by atoms with Gasteiger partial charge in [0.25, 0.3) is 0 Å². The number of hydrogen-bond donors (Lipinski definition) is 2. The van der Waals surface area contributed by atoms with Crippen molar-refractivity contribution in [2.45, 2.75) is 19.1 Å². The van der Waals surface area contributed by atoms with Gasteiger partial charge in [-0.25, -0.2) is 4.99 Å². The number of anilines is 1. The summed E-state index contributed by atoms with van der Waals surface area (Å²) in [5.41, 5.74) is 6.42. The first-order valence-corrected chi connectivity index (χ1v) is 7.72. The molecule has 2 aromatic carbocycles. The third-order valence-corrected chi connectivity index (χ3v) is 3.14. The number of aliphatic imine (C=N–C) groups is 1. The molecule has 0 spiro atoms. The standard InChI is InChI=1S/C17H15F6N3O2.HI/c18-16(19,20)10-27-14-4-2-1-3-11(14)9-25-15(24)26-12-5-7-13(8-6-12)28-17(21,22)23;/h1-8H,9-10H2,(H3,24,25,26);1H. The number of hydrogen-bond acceptors (Lipinski definition) is 3. The monoisotopic (exact) mass is 535 g/mol. The molecule has 0 aromatic heterocycles. The molecule has 2 aromatic rings. The zero-order chi connectivity index (χ0) is 20.8. The lowest BCUT2D eigenvalue weighted by atomic mass is 10.2. The summed E-state index contributed by atoms with van der Waals surface area (Å²) >= 11 is 0. The Hall–Kier alpha value is -2.38. The molecule has 5 nitrogen and oxygen atoms in total. The van der Waals surface area contributed by atoms with E-state index < -0.39 is 24.9 Å². The molecule has 0 amide bonds. The second-order valence-corrected chi connectivity index (χ2v) is 5.41. The van der Waals surface area contributed by atoms with E-state index in [0.29, 0.717) is 11.3 Å². The van der Waals surface area contributed by atoms with Crippen LogP contribution in [0.4, 0.5) is 32.0 Å². The van der Waals surface area contributed by atoms with Crippen LogP contribution in [0.5, 0.6) is 11.5 Å². The molecule has 0 aliphatic rings. The Bertz CT molecular complexity index is 810. The minimum atomic E-state index is -4.79. The van der Waals surface area contributed by atoms with Gasteiger partial charge >= 0.3 is 12.5 Å². The average molecular weight is 535 g/mol. The van der Waals surface area contributed by atoms with Crippen molar-refractivity contribution in [1.82, 2.24) is 0 Å². The van der Waals surface area contributed by atoms with Crippen LogP contribution in [0.15, 0.2) is 53.5 Å². The second kappa shape index (κ2) is 10.4. The van der Waals surface area contributed by atoms with Gasteiger partial charge in [-0.1, -0.05) is 18.2 Å². The highest BCUT2D eigenvalue weighted by molar-refractivity contribution is 14.0. The Kier molecular flexibility index (Phi) is 8.85. The lowest BCUT2D eigenvalue weighted by Crippen LogP contribution is -2.23. The molecule has 3 N–H and O–H groups in total. The van der Waals surface area contributed by atoms with Crippen molar-refractivity contribution in [2.75, 3.05) is 11.9 Å². The normalized spacial score (nSPS) is 12.1. The Morgan fingerprint density at radius 1 is 0.966 bits per heavy atom. The third-order valence-electron chi connectivity index (χ3n) is 3.14. The SMILES string of the molecule is I.NC(=NCc1ccccc1OCC(F)(F)F)Nc1ccc(OC(F)(F)F)cc1. The predicted molar refractivity (Wildman–Crippen MR) is 105 cm³/mol. The molecule has 0 atom stereocenters. The number of alkyl halides is 6. The molecule has 29 heavy (non-hydrogen) atoms. The molecule has 2 rings (SSSR count). The highest BCUT2D eigenvalue weighted by Gasteiger charge is 2.31. The van der Waals surface area contributed by atoms with E-state index in [1.807, 2.05) is 0 Å². The number of guanidine groups is 1. The van der Waals surface area contributed by atoms with Gasteiger partial charge in [0.05, 0.1) is 6.54 Å². The van der Waals surface area contributed by atoms with E-state index in [2.05, 4.69) is 15.0 Å². The number of ether oxygens (including phenoxy) is 2. The minimum Gasteiger partial charge on any atom is -0.484 e. The smallest absolute Gasteiger partial charge is 0.484 e. The lowest BCUT2D eigenvalue weighted by molar-refractivity contribution is -0.274. The maximum atomic E-state index is 12.3. The number of nitrogens with two attached hydrogens (primary N) is 1. The number of halogens is 7. The quantitative estimate of drug-likeness (QED) is 0.235. The summed E-state index contributed by atoms with van der Waals surface area (Å²) in [5, 5.41) is 2.65. The Morgan fingerprint density at radius 3 is 2.17 bits per heavy atom. The van der Waals surface area contributed by atoms with E-state index in [1.54, 1.807) is 6.07 Å². The number of nitrogens with zero attached hydrogens (tertiary/aromatic N) is 1. The molecule has 0 aliphatic heterocycles. The number of para-hydroxylation sites is 1. The zero-order valence-corrected chi connectivity index (χ0v) is 16.9. The van der Waals surface area contributed by atoms with Crippen LogP contribution >= 0.6 is 24.0 Å². The van der Waals surface area contributed by atoms with E-state index in [9.17, 15) is 26.3 Å². The molecule has 0 saturated carbocycles. The molecule has 0 fully saturated rings. The van der Waals surface area contributed by atoms with Crippen molar-refractivity contribution in [1.29, 1.82) is 0 Å². The van der Waals surface area contributed by atoms with Crippen molar-refractivity contribution in [3.05, 3.63) is 54.1 Å². The molecule has 0 radical (unpaired) electrons. The summed E-state index contributed by atoms with van der Waals surface area (Å²) in [6.07, 6.45) is -9.27. The van der Waals surface area contributed by atoms with Crippen molar-refractivity contribution < 1.29 is 35.8 Å². The predicted octanol–water partition coefficient (Wildman–Crippen LogP) is 5.07. The van der Waals surface area contributed by atoms with Gasteiger partial charge in [0, 0.05) is 11.3 Å². The van der Waals surface area contributed by atoms with Crippen LogP contribution < -0.4 is 20.5 Å². The molecule has 0 heterocycles. The Morgan fingerprint density at radius 2 is 1.59 bits per heavy atom. The maximum absolute atomic E-state index is 12.3. The summed E-state index contributed by atoms with van der Waals surface area (Å²) < 4.78 is 81.7. The first-order chi connectivity index (χ1) is 13.0. The van der Waals surface area contributed by atoms with Gasteiger partial charge < -0.3 is 20.5 Å². The van der Waals surface area contributed by atoms with E-state index in [4.69, 9.17) is 10.5 Å². The van der Waals surface area contributed by atoms with Crippen LogP contribution in [0.3, 0.4) is 0 Å². The zero-order valence-electron chi connectivity index (χ0n) is 14.6. The summed E-state index contributed by atoms with van der Waals surface area (Å²) in [6.45, 7) is -1.50. The van der Waals surface area contributed by atoms with E-state index in [-0.39, 0.29) is 42.2 Å². The fourth-order valence-corrected chi connectivity index (χ4v) is 2.03. The number of nitrogens with one attached hydrogen (secondary N) is 1. The van der Waals surface area contributed by atoms with Gasteiger partial charge in [0.2, 0.25) is 0 Å². The van der Waals surface area contributed by atoms with E-state index in [0.717, 1.165) is 12.1 Å². The fraction of sp³-hybridized carbons (Fsp3) is 0.235.